The number of aliphatic carboxylic acids is 1. The van der Waals surface area contributed by atoms with Crippen LogP contribution in [0.15, 0.2) is 0 Å². The molecule has 15 heavy (non-hydrogen) atoms. The number of nitrogens with one attached hydrogen (secondary N) is 1. The lowest BCUT2D eigenvalue weighted by Gasteiger charge is -2.18. The van der Waals surface area contributed by atoms with Crippen molar-refractivity contribution in [2.24, 2.45) is 11.1 Å². The van der Waals surface area contributed by atoms with Crippen LogP contribution in [0.4, 0.5) is 0 Å². The largest absolute Gasteiger partial charge is 0.480 e. The molecule has 0 fully saturated rings. The molecule has 0 aromatic heterocycles. The van der Waals surface area contributed by atoms with Crippen molar-refractivity contribution in [1.82, 2.24) is 5.32 Å². The molecule has 0 aliphatic rings. The van der Waals surface area contributed by atoms with Crippen LogP contribution in [0.1, 0.15) is 33.6 Å². The predicted molar refractivity (Wildman–Crippen MR) is 57.3 cm³/mol. The van der Waals surface area contributed by atoms with Crippen LogP contribution in [0.5, 0.6) is 0 Å². The molecule has 0 aliphatic heterocycles. The standard InChI is InChI=1S/C10H20N2O3/c1-10(2,3)6-12-8(13)5-4-7(11)9(14)15/h7H,4-6,11H2,1-3H3,(H,12,13)(H,14,15)/t7-/m0/s1. The fourth-order valence-electron chi connectivity index (χ4n) is 0.862. The molecule has 0 saturated carbocycles. The SMILES string of the molecule is CC(C)(C)CNC(=O)CC[C@H](N)C(=O)O. The van der Waals surface area contributed by atoms with Gasteiger partial charge >= 0.3 is 5.97 Å². The average Bonchev–Trinajstić information content (AvgIpc) is 2.09. The summed E-state index contributed by atoms with van der Waals surface area (Å²) in [6.45, 7) is 6.61. The molecule has 0 bridgehead atoms. The second-order valence-electron chi connectivity index (χ2n) is 4.82. The summed E-state index contributed by atoms with van der Waals surface area (Å²) in [5.41, 5.74) is 5.30. The number of rotatable bonds is 5. The van der Waals surface area contributed by atoms with Crippen molar-refractivity contribution in [2.45, 2.75) is 39.7 Å². The Morgan fingerprint density at radius 1 is 1.40 bits per heavy atom. The minimum Gasteiger partial charge on any atom is -0.480 e. The van der Waals surface area contributed by atoms with Crippen LogP contribution in [0.3, 0.4) is 0 Å². The van der Waals surface area contributed by atoms with Crippen molar-refractivity contribution < 1.29 is 14.7 Å². The lowest BCUT2D eigenvalue weighted by Crippen LogP contribution is -2.35. The summed E-state index contributed by atoms with van der Waals surface area (Å²) < 4.78 is 0. The van der Waals surface area contributed by atoms with E-state index in [0.29, 0.717) is 6.54 Å². The summed E-state index contributed by atoms with van der Waals surface area (Å²) in [7, 11) is 0. The van der Waals surface area contributed by atoms with Gasteiger partial charge in [-0.05, 0) is 11.8 Å². The Labute approximate surface area is 90.0 Å². The Kier molecular flexibility index (Phi) is 5.28. The lowest BCUT2D eigenvalue weighted by atomic mass is 9.97. The van der Waals surface area contributed by atoms with Gasteiger partial charge in [-0.2, -0.15) is 0 Å². The zero-order chi connectivity index (χ0) is 12.1. The van der Waals surface area contributed by atoms with Gasteiger partial charge in [-0.3, -0.25) is 9.59 Å². The van der Waals surface area contributed by atoms with Crippen LogP contribution in [-0.4, -0.2) is 29.6 Å². The molecule has 0 rings (SSSR count). The number of hydrogen-bond donors (Lipinski definition) is 3. The molecule has 0 aliphatic carbocycles. The number of amides is 1. The van der Waals surface area contributed by atoms with E-state index < -0.39 is 12.0 Å². The molecule has 1 amide bonds. The first-order chi connectivity index (χ1) is 6.72. The minimum atomic E-state index is -1.07. The van der Waals surface area contributed by atoms with Gasteiger partial charge in [0.25, 0.3) is 0 Å². The number of hydrogen-bond acceptors (Lipinski definition) is 3. The number of carboxylic acid groups (broad SMARTS) is 1. The normalized spacial score (nSPS) is 13.3. The average molecular weight is 216 g/mol. The molecule has 1 atom stereocenters. The van der Waals surface area contributed by atoms with E-state index in [4.69, 9.17) is 10.8 Å². The zero-order valence-electron chi connectivity index (χ0n) is 9.54. The smallest absolute Gasteiger partial charge is 0.320 e. The molecule has 0 unspecified atom stereocenters. The van der Waals surface area contributed by atoms with Crippen LogP contribution >= 0.6 is 0 Å². The molecule has 88 valence electrons. The molecule has 5 heteroatoms. The third kappa shape index (κ3) is 7.93. The van der Waals surface area contributed by atoms with E-state index in [1.54, 1.807) is 0 Å². The molecule has 0 aromatic rings. The van der Waals surface area contributed by atoms with Crippen molar-refractivity contribution in [3.8, 4) is 0 Å². The fourth-order valence-corrected chi connectivity index (χ4v) is 0.862. The number of carbonyl (C=O) groups is 2. The summed E-state index contributed by atoms with van der Waals surface area (Å²) in [5.74, 6) is -1.22. The van der Waals surface area contributed by atoms with E-state index in [1.807, 2.05) is 20.8 Å². The molecule has 0 radical (unpaired) electrons. The molecular weight excluding hydrogens is 196 g/mol. The van der Waals surface area contributed by atoms with Crippen molar-refractivity contribution in [2.75, 3.05) is 6.54 Å². The Hall–Kier alpha value is -1.10. The van der Waals surface area contributed by atoms with Gasteiger partial charge in [-0.25, -0.2) is 0 Å². The van der Waals surface area contributed by atoms with Crippen LogP contribution in [0.25, 0.3) is 0 Å². The van der Waals surface area contributed by atoms with Crippen LogP contribution in [0, 0.1) is 5.41 Å². The summed E-state index contributed by atoms with van der Waals surface area (Å²) in [6, 6.07) is -0.953. The first-order valence-corrected chi connectivity index (χ1v) is 4.97. The molecule has 0 heterocycles. The summed E-state index contributed by atoms with van der Waals surface area (Å²) in [6.07, 6.45) is 0.328. The van der Waals surface area contributed by atoms with E-state index in [-0.39, 0.29) is 24.2 Å². The van der Waals surface area contributed by atoms with Gasteiger partial charge in [0.15, 0.2) is 0 Å². The maximum atomic E-state index is 11.3. The molecular formula is C10H20N2O3. The molecule has 5 nitrogen and oxygen atoms in total. The Bertz CT molecular complexity index is 233. The van der Waals surface area contributed by atoms with Crippen LogP contribution < -0.4 is 11.1 Å². The van der Waals surface area contributed by atoms with Crippen LogP contribution in [0.2, 0.25) is 0 Å². The summed E-state index contributed by atoms with van der Waals surface area (Å²) >= 11 is 0. The predicted octanol–water partition coefficient (Wildman–Crippen LogP) is 0.341. The van der Waals surface area contributed by atoms with Gasteiger partial charge < -0.3 is 16.2 Å². The van der Waals surface area contributed by atoms with Gasteiger partial charge in [0.05, 0.1) is 0 Å². The van der Waals surface area contributed by atoms with E-state index >= 15 is 0 Å². The zero-order valence-corrected chi connectivity index (χ0v) is 9.54. The van der Waals surface area contributed by atoms with Crippen molar-refractivity contribution >= 4 is 11.9 Å². The summed E-state index contributed by atoms with van der Waals surface area (Å²) in [5, 5.41) is 11.2. The van der Waals surface area contributed by atoms with Crippen LogP contribution in [-0.2, 0) is 9.59 Å². The highest BCUT2D eigenvalue weighted by Crippen LogP contribution is 2.10. The fraction of sp³-hybridized carbons (Fsp3) is 0.800. The second kappa shape index (κ2) is 5.70. The Morgan fingerprint density at radius 3 is 2.33 bits per heavy atom. The van der Waals surface area contributed by atoms with Gasteiger partial charge in [0.1, 0.15) is 6.04 Å². The molecule has 0 aromatic carbocycles. The highest BCUT2D eigenvalue weighted by molar-refractivity contribution is 5.78. The van der Waals surface area contributed by atoms with Crippen molar-refractivity contribution in [3.05, 3.63) is 0 Å². The maximum Gasteiger partial charge on any atom is 0.320 e. The van der Waals surface area contributed by atoms with Gasteiger partial charge in [-0.15, -0.1) is 0 Å². The quantitative estimate of drug-likeness (QED) is 0.618. The van der Waals surface area contributed by atoms with E-state index in [0.717, 1.165) is 0 Å². The molecule has 4 N–H and O–H groups in total. The molecule has 0 spiro atoms. The topological polar surface area (TPSA) is 92.4 Å². The van der Waals surface area contributed by atoms with Gasteiger partial charge in [-0.1, -0.05) is 20.8 Å². The van der Waals surface area contributed by atoms with Crippen molar-refractivity contribution in [3.63, 3.8) is 0 Å². The highest BCUT2D eigenvalue weighted by Gasteiger charge is 2.15. The van der Waals surface area contributed by atoms with E-state index in [2.05, 4.69) is 5.32 Å². The maximum absolute atomic E-state index is 11.3. The number of carbonyl (C=O) groups excluding carboxylic acids is 1. The molecule has 0 saturated heterocycles. The highest BCUT2D eigenvalue weighted by atomic mass is 16.4. The van der Waals surface area contributed by atoms with Gasteiger partial charge in [0, 0.05) is 13.0 Å². The monoisotopic (exact) mass is 216 g/mol. The Balaban J connectivity index is 3.72. The lowest BCUT2D eigenvalue weighted by molar-refractivity contribution is -0.138. The third-order valence-corrected chi connectivity index (χ3v) is 1.82. The number of nitrogens with two attached hydrogens (primary N) is 1. The second-order valence-corrected chi connectivity index (χ2v) is 4.82. The first-order valence-electron chi connectivity index (χ1n) is 4.97. The van der Waals surface area contributed by atoms with Gasteiger partial charge in [0.2, 0.25) is 5.91 Å². The summed E-state index contributed by atoms with van der Waals surface area (Å²) in [4.78, 5) is 21.6. The first kappa shape index (κ1) is 13.9. The third-order valence-electron chi connectivity index (χ3n) is 1.82. The van der Waals surface area contributed by atoms with Crippen molar-refractivity contribution in [1.29, 1.82) is 0 Å². The number of carboxylic acids is 1. The van der Waals surface area contributed by atoms with E-state index in [1.165, 1.54) is 0 Å². The van der Waals surface area contributed by atoms with E-state index in [9.17, 15) is 9.59 Å². The Morgan fingerprint density at radius 2 is 1.93 bits per heavy atom. The minimum absolute atomic E-state index is 0.0323.